The first-order valence-electron chi connectivity index (χ1n) is 19.0. The molecule has 0 aliphatic carbocycles. The minimum atomic E-state index is -2.34. The van der Waals surface area contributed by atoms with Crippen molar-refractivity contribution in [1.82, 2.24) is 0 Å². The molecular formula is C40H71NO11Si2. The number of hydrogen-bond acceptors (Lipinski definition) is 11. The van der Waals surface area contributed by atoms with Crippen LogP contribution in [0.3, 0.4) is 0 Å². The van der Waals surface area contributed by atoms with E-state index < -0.39 is 39.7 Å². The van der Waals surface area contributed by atoms with E-state index in [4.69, 9.17) is 37.3 Å². The molecule has 0 saturated heterocycles. The van der Waals surface area contributed by atoms with Gasteiger partial charge >= 0.3 is 11.7 Å². The second-order valence-electron chi connectivity index (χ2n) is 15.7. The summed E-state index contributed by atoms with van der Waals surface area (Å²) < 4.78 is 48.3. The summed E-state index contributed by atoms with van der Waals surface area (Å²) in [5, 5.41) is 12.0. The zero-order chi connectivity index (χ0) is 41.6. The Labute approximate surface area is 327 Å². The number of nitro benzene ring substituents is 1. The van der Waals surface area contributed by atoms with Gasteiger partial charge in [0, 0.05) is 31.8 Å². The summed E-state index contributed by atoms with van der Waals surface area (Å²) in [6.07, 6.45) is 4.61. The van der Waals surface area contributed by atoms with Gasteiger partial charge in [-0.3, -0.25) is 10.1 Å². The predicted molar refractivity (Wildman–Crippen MR) is 220 cm³/mol. The maximum Gasteiger partial charge on any atom is 0.330 e. The van der Waals surface area contributed by atoms with Crippen LogP contribution in [0.5, 0.6) is 17.2 Å². The second-order valence-corrected chi connectivity index (χ2v) is 25.2. The van der Waals surface area contributed by atoms with Crippen LogP contribution in [0.25, 0.3) is 0 Å². The molecule has 0 amide bonds. The van der Waals surface area contributed by atoms with Crippen molar-refractivity contribution >= 4 is 28.3 Å². The minimum Gasteiger partial charge on any atom is -0.493 e. The molecule has 1 aromatic rings. The van der Waals surface area contributed by atoms with Gasteiger partial charge in [-0.1, -0.05) is 61.5 Å². The van der Waals surface area contributed by atoms with Crippen LogP contribution < -0.4 is 14.2 Å². The van der Waals surface area contributed by atoms with Crippen LogP contribution in [-0.2, 0) is 34.3 Å². The normalized spacial score (nSPS) is 16.4. The molecule has 0 spiro atoms. The number of carbonyl (C=O) groups excluding carboxylic acids is 1. The van der Waals surface area contributed by atoms with E-state index in [9.17, 15) is 14.9 Å². The van der Waals surface area contributed by atoms with Gasteiger partial charge in [0.1, 0.15) is 6.10 Å². The van der Waals surface area contributed by atoms with Gasteiger partial charge in [-0.15, -0.1) is 0 Å². The molecule has 0 aliphatic heterocycles. The van der Waals surface area contributed by atoms with E-state index in [0.717, 1.165) is 23.7 Å². The summed E-state index contributed by atoms with van der Waals surface area (Å²) in [5.41, 5.74) is 1.34. The van der Waals surface area contributed by atoms with Gasteiger partial charge in [-0.2, -0.15) is 0 Å². The van der Waals surface area contributed by atoms with Crippen molar-refractivity contribution in [2.24, 2.45) is 11.8 Å². The van der Waals surface area contributed by atoms with Gasteiger partial charge in [0.25, 0.3) is 0 Å². The van der Waals surface area contributed by atoms with E-state index in [0.29, 0.717) is 24.2 Å². The first-order chi connectivity index (χ1) is 25.2. The summed E-state index contributed by atoms with van der Waals surface area (Å²) in [5.74, 6) is 0.160. The summed E-state index contributed by atoms with van der Waals surface area (Å²) >= 11 is 0. The van der Waals surface area contributed by atoms with Gasteiger partial charge in [0.05, 0.1) is 57.7 Å². The smallest absolute Gasteiger partial charge is 0.330 e. The molecule has 310 valence electrons. The topological polar surface area (TPSA) is 134 Å². The highest BCUT2D eigenvalue weighted by atomic mass is 28.4. The third kappa shape index (κ3) is 12.9. The van der Waals surface area contributed by atoms with Crippen molar-refractivity contribution in [1.29, 1.82) is 0 Å². The molecule has 54 heavy (non-hydrogen) atoms. The van der Waals surface area contributed by atoms with Gasteiger partial charge < -0.3 is 37.3 Å². The zero-order valence-electron chi connectivity index (χ0n) is 36.2. The number of methoxy groups -OCH3 is 6. The predicted octanol–water partition coefficient (Wildman–Crippen LogP) is 9.31. The van der Waals surface area contributed by atoms with Gasteiger partial charge in [0.15, 0.2) is 28.1 Å². The number of carbonyl (C=O) groups is 1. The average molecular weight is 798 g/mol. The Morgan fingerprint density at radius 3 is 1.91 bits per heavy atom. The molecule has 0 saturated carbocycles. The molecular weight excluding hydrogens is 727 g/mol. The van der Waals surface area contributed by atoms with Crippen molar-refractivity contribution in [3.05, 3.63) is 45.5 Å². The maximum atomic E-state index is 12.1. The average Bonchev–Trinajstić information content (AvgIpc) is 3.13. The molecule has 0 aliphatic rings. The molecule has 1 rings (SSSR count). The van der Waals surface area contributed by atoms with Crippen LogP contribution in [0.4, 0.5) is 5.69 Å². The Hall–Kier alpha value is -2.76. The fraction of sp³-hybridized carbons (Fsp3) is 0.725. The zero-order valence-corrected chi connectivity index (χ0v) is 38.2. The number of nitrogens with zero attached hydrogens (tertiary/aromatic N) is 1. The largest absolute Gasteiger partial charge is 0.493 e. The highest BCUT2D eigenvalue weighted by Crippen LogP contribution is 2.46. The molecule has 0 radical (unpaired) electrons. The van der Waals surface area contributed by atoms with E-state index in [-0.39, 0.29) is 46.3 Å². The molecule has 6 atom stereocenters. The fourth-order valence-corrected chi connectivity index (χ4v) is 10.9. The summed E-state index contributed by atoms with van der Waals surface area (Å²) in [6.45, 7) is 24.0. The monoisotopic (exact) mass is 797 g/mol. The lowest BCUT2D eigenvalue weighted by Crippen LogP contribution is -2.50. The highest BCUT2D eigenvalue weighted by Gasteiger charge is 2.43. The van der Waals surface area contributed by atoms with Crippen molar-refractivity contribution in [2.45, 2.75) is 136 Å². The molecule has 0 fully saturated rings. The lowest BCUT2D eigenvalue weighted by molar-refractivity contribution is -0.385. The minimum absolute atomic E-state index is 0.0463. The van der Waals surface area contributed by atoms with Crippen LogP contribution >= 0.6 is 0 Å². The van der Waals surface area contributed by atoms with Crippen molar-refractivity contribution in [3.8, 4) is 17.2 Å². The summed E-state index contributed by atoms with van der Waals surface area (Å²) in [7, 11) is 4.58. The third-order valence-electron chi connectivity index (χ3n) is 11.2. The molecule has 0 aromatic heterocycles. The van der Waals surface area contributed by atoms with Crippen LogP contribution in [-0.4, -0.2) is 94.6 Å². The molecule has 0 heterocycles. The van der Waals surface area contributed by atoms with E-state index in [1.54, 1.807) is 20.3 Å². The van der Waals surface area contributed by atoms with E-state index in [1.807, 2.05) is 0 Å². The van der Waals surface area contributed by atoms with Gasteiger partial charge in [0.2, 0.25) is 5.75 Å². The number of hydrogen-bond donors (Lipinski definition) is 0. The summed E-state index contributed by atoms with van der Waals surface area (Å²) in [4.78, 5) is 23.7. The Balaban J connectivity index is 3.84. The number of ether oxygens (including phenoxy) is 6. The molecule has 14 heteroatoms. The van der Waals surface area contributed by atoms with Crippen LogP contribution in [0.1, 0.15) is 74.3 Å². The first-order valence-corrected chi connectivity index (χ1v) is 24.5. The van der Waals surface area contributed by atoms with E-state index in [1.165, 1.54) is 40.6 Å². The first kappa shape index (κ1) is 49.3. The number of esters is 1. The maximum absolute atomic E-state index is 12.1. The fourth-order valence-electron chi connectivity index (χ4n) is 6.65. The molecule has 1 aromatic carbocycles. The van der Waals surface area contributed by atoms with Crippen LogP contribution in [0, 0.1) is 22.0 Å². The number of nitro groups is 1. The number of benzene rings is 1. The van der Waals surface area contributed by atoms with Crippen molar-refractivity contribution < 1.29 is 47.0 Å². The number of rotatable bonds is 24. The van der Waals surface area contributed by atoms with Crippen molar-refractivity contribution in [3.63, 3.8) is 0 Å². The Bertz CT molecular complexity index is 1400. The quantitative estimate of drug-likeness (QED) is 0.0247. The molecule has 12 nitrogen and oxygen atoms in total. The Morgan fingerprint density at radius 1 is 0.907 bits per heavy atom. The molecule has 0 N–H and O–H groups in total. The lowest BCUT2D eigenvalue weighted by Gasteiger charge is -2.43. The Morgan fingerprint density at radius 2 is 1.48 bits per heavy atom. The third-order valence-corrected chi connectivity index (χ3v) is 20.3. The highest BCUT2D eigenvalue weighted by molar-refractivity contribution is 6.74. The molecule has 0 unspecified atom stereocenters. The Kier molecular flexibility index (Phi) is 20.2. The van der Waals surface area contributed by atoms with Crippen molar-refractivity contribution in [2.75, 3.05) is 42.7 Å². The van der Waals surface area contributed by atoms with Crippen LogP contribution in [0.2, 0.25) is 36.3 Å². The van der Waals surface area contributed by atoms with E-state index in [2.05, 4.69) is 81.5 Å². The summed E-state index contributed by atoms with van der Waals surface area (Å²) in [6, 6.07) is 4.17. The standard InChI is InChI=1S/C40H71NO11Si2/c1-18-54(19-2,20-3)52-36(32(45-10)21-22-35(42)48-13)28(5)25-29(6)37(51-53(16,17)40(7,8)9)33(46-11)24-27(4)23-30-38(49-14)31(41(43)44)26-34(47-12)39(30)50-15/h21-22,25-27,29,32-33,36-37H,18-20,23-24H2,1-17H3/b22-21-,28-25+/t27-,29+,32+,33+,36+,37-/m1/s1. The second kappa shape index (κ2) is 22.1. The van der Waals surface area contributed by atoms with E-state index >= 15 is 0 Å². The van der Waals surface area contributed by atoms with Crippen LogP contribution in [0.15, 0.2) is 29.9 Å². The SMILES string of the molecule is CC[Si](CC)(CC)O[C@@H](/C(C)=C/[C@H](C)[C@@H](O[Si](C)(C)C(C)(C)C)[C@H](C[C@H](C)Cc1c(OC)c(OC)cc([N+](=O)[O-])c1OC)OC)[C@H](/C=C\C(=O)OC)OC. The van der Waals surface area contributed by atoms with Gasteiger partial charge in [-0.25, -0.2) is 4.79 Å². The molecule has 0 bridgehead atoms. The lowest BCUT2D eigenvalue weighted by atomic mass is 9.87. The van der Waals surface area contributed by atoms with Gasteiger partial charge in [-0.05, 0) is 73.6 Å².